The summed E-state index contributed by atoms with van der Waals surface area (Å²) in [7, 11) is 1.54. The first-order valence-electron chi connectivity index (χ1n) is 8.57. The monoisotopic (exact) mass is 391 g/mol. The maximum Gasteiger partial charge on any atom is 0.255 e. The largest absolute Gasteiger partial charge is 0.493 e. The second-order valence-electron chi connectivity index (χ2n) is 6.00. The van der Waals surface area contributed by atoms with Gasteiger partial charge in [0.1, 0.15) is 6.61 Å². The van der Waals surface area contributed by atoms with Crippen molar-refractivity contribution in [1.82, 2.24) is 9.97 Å². The minimum Gasteiger partial charge on any atom is -0.493 e. The van der Waals surface area contributed by atoms with E-state index in [1.54, 1.807) is 37.0 Å². The number of benzene rings is 2. The maximum absolute atomic E-state index is 12.6. The number of anilines is 1. The number of thiazole rings is 1. The van der Waals surface area contributed by atoms with Gasteiger partial charge >= 0.3 is 0 Å². The molecule has 0 unspecified atom stereocenters. The number of carbonyl (C=O) groups is 1. The van der Waals surface area contributed by atoms with Gasteiger partial charge in [-0.2, -0.15) is 0 Å². The van der Waals surface area contributed by atoms with E-state index in [4.69, 9.17) is 9.47 Å². The van der Waals surface area contributed by atoms with Crippen molar-refractivity contribution < 1.29 is 14.3 Å². The van der Waals surface area contributed by atoms with Crippen molar-refractivity contribution in [3.63, 3.8) is 0 Å². The topological polar surface area (TPSA) is 73.3 Å². The van der Waals surface area contributed by atoms with Crippen molar-refractivity contribution >= 4 is 33.8 Å². The number of amides is 1. The summed E-state index contributed by atoms with van der Waals surface area (Å²) >= 11 is 1.51. The van der Waals surface area contributed by atoms with Crippen LogP contribution >= 0.6 is 11.3 Å². The predicted octanol–water partition coefficient (Wildman–Crippen LogP) is 4.53. The van der Waals surface area contributed by atoms with Crippen molar-refractivity contribution in [3.8, 4) is 11.5 Å². The van der Waals surface area contributed by atoms with Crippen LogP contribution in [0.5, 0.6) is 11.5 Å². The second-order valence-corrected chi connectivity index (χ2v) is 6.72. The van der Waals surface area contributed by atoms with Crippen LogP contribution in [0, 0.1) is 0 Å². The summed E-state index contributed by atoms with van der Waals surface area (Å²) in [6.07, 6.45) is 1.64. The Morgan fingerprint density at radius 3 is 2.82 bits per heavy atom. The lowest BCUT2D eigenvalue weighted by Crippen LogP contribution is -2.12. The Kier molecular flexibility index (Phi) is 5.16. The summed E-state index contributed by atoms with van der Waals surface area (Å²) < 4.78 is 11.1. The van der Waals surface area contributed by atoms with E-state index in [1.165, 1.54) is 11.3 Å². The highest BCUT2D eigenvalue weighted by Crippen LogP contribution is 2.29. The molecule has 0 aliphatic carbocycles. The van der Waals surface area contributed by atoms with Gasteiger partial charge in [0.15, 0.2) is 11.5 Å². The van der Waals surface area contributed by atoms with Gasteiger partial charge in [0.05, 0.1) is 35.7 Å². The van der Waals surface area contributed by atoms with Crippen molar-refractivity contribution in [2.24, 2.45) is 0 Å². The van der Waals surface area contributed by atoms with E-state index >= 15 is 0 Å². The predicted molar refractivity (Wildman–Crippen MR) is 109 cm³/mol. The van der Waals surface area contributed by atoms with Gasteiger partial charge in [-0.25, -0.2) is 4.98 Å². The van der Waals surface area contributed by atoms with E-state index in [0.717, 1.165) is 16.6 Å². The zero-order valence-corrected chi connectivity index (χ0v) is 15.9. The Morgan fingerprint density at radius 1 is 1.11 bits per heavy atom. The summed E-state index contributed by atoms with van der Waals surface area (Å²) in [6.45, 7) is 0.341. The zero-order chi connectivity index (χ0) is 19.3. The minimum absolute atomic E-state index is 0.249. The Labute approximate surface area is 165 Å². The number of pyridine rings is 1. The molecule has 2 aromatic carbocycles. The molecule has 1 N–H and O–H groups in total. The maximum atomic E-state index is 12.6. The molecule has 0 saturated heterocycles. The summed E-state index contributed by atoms with van der Waals surface area (Å²) in [5.41, 5.74) is 4.57. The van der Waals surface area contributed by atoms with Gasteiger partial charge in [-0.05, 0) is 30.3 Å². The molecule has 6 nitrogen and oxygen atoms in total. The number of nitrogens with zero attached hydrogens (tertiary/aromatic N) is 2. The average molecular weight is 391 g/mol. The molecule has 4 rings (SSSR count). The van der Waals surface area contributed by atoms with E-state index in [0.29, 0.717) is 29.4 Å². The normalized spacial score (nSPS) is 10.6. The number of para-hydroxylation sites is 1. The Bertz CT molecular complexity index is 1110. The van der Waals surface area contributed by atoms with Crippen LogP contribution in [0.3, 0.4) is 0 Å². The average Bonchev–Trinajstić information content (AvgIpc) is 3.25. The Morgan fingerprint density at radius 2 is 2.00 bits per heavy atom. The van der Waals surface area contributed by atoms with Gasteiger partial charge in [0.25, 0.3) is 5.91 Å². The molecule has 0 aliphatic heterocycles. The van der Waals surface area contributed by atoms with E-state index in [9.17, 15) is 4.79 Å². The van der Waals surface area contributed by atoms with Crippen LogP contribution in [-0.2, 0) is 6.61 Å². The summed E-state index contributed by atoms with van der Waals surface area (Å²) in [5, 5.41) is 5.75. The van der Waals surface area contributed by atoms with Crippen molar-refractivity contribution in [3.05, 3.63) is 76.9 Å². The minimum atomic E-state index is -0.249. The number of carbonyl (C=O) groups excluding carboxylic acids is 1. The van der Waals surface area contributed by atoms with E-state index in [-0.39, 0.29) is 5.91 Å². The molecule has 7 heteroatoms. The highest BCUT2D eigenvalue weighted by Gasteiger charge is 2.12. The summed E-state index contributed by atoms with van der Waals surface area (Å²) in [5.74, 6) is 0.792. The van der Waals surface area contributed by atoms with E-state index < -0.39 is 0 Å². The van der Waals surface area contributed by atoms with Gasteiger partial charge < -0.3 is 14.8 Å². The van der Waals surface area contributed by atoms with Crippen LogP contribution in [0.1, 0.15) is 16.1 Å². The lowest BCUT2D eigenvalue weighted by atomic mass is 10.1. The van der Waals surface area contributed by atoms with Crippen molar-refractivity contribution in [2.45, 2.75) is 6.61 Å². The number of methoxy groups -OCH3 is 1. The molecule has 0 atom stereocenters. The van der Waals surface area contributed by atoms with Crippen molar-refractivity contribution in [1.29, 1.82) is 0 Å². The molecular weight excluding hydrogens is 374 g/mol. The lowest BCUT2D eigenvalue weighted by molar-refractivity contribution is 0.102. The van der Waals surface area contributed by atoms with Gasteiger partial charge in [0, 0.05) is 16.3 Å². The quantitative estimate of drug-likeness (QED) is 0.523. The van der Waals surface area contributed by atoms with Crippen LogP contribution in [0.2, 0.25) is 0 Å². The zero-order valence-electron chi connectivity index (χ0n) is 15.1. The fourth-order valence-corrected chi connectivity index (χ4v) is 3.27. The van der Waals surface area contributed by atoms with Crippen LogP contribution in [-0.4, -0.2) is 23.0 Å². The molecule has 0 spiro atoms. The lowest BCUT2D eigenvalue weighted by Gasteiger charge is -2.12. The number of hydrogen-bond donors (Lipinski definition) is 1. The van der Waals surface area contributed by atoms with Gasteiger partial charge in [0.2, 0.25) is 0 Å². The number of hydrogen-bond acceptors (Lipinski definition) is 6. The third-order valence-corrected chi connectivity index (χ3v) is 4.77. The molecule has 0 fully saturated rings. The second kappa shape index (κ2) is 8.06. The molecule has 0 saturated carbocycles. The molecule has 0 aliphatic rings. The number of fused-ring (bicyclic) bond motifs is 1. The molecular formula is C21H17N3O3S. The number of nitrogens with one attached hydrogen (secondary N) is 1. The first-order valence-corrected chi connectivity index (χ1v) is 9.51. The molecule has 1 amide bonds. The smallest absolute Gasteiger partial charge is 0.255 e. The highest BCUT2D eigenvalue weighted by molar-refractivity contribution is 7.07. The third-order valence-electron chi connectivity index (χ3n) is 4.13. The van der Waals surface area contributed by atoms with Gasteiger partial charge in [-0.3, -0.25) is 9.78 Å². The molecule has 0 radical (unpaired) electrons. The van der Waals surface area contributed by atoms with E-state index in [1.807, 2.05) is 35.7 Å². The fraction of sp³-hybridized carbons (Fsp3) is 0.0952. The number of rotatable bonds is 6. The number of aromatic nitrogens is 2. The van der Waals surface area contributed by atoms with Crippen LogP contribution in [0.15, 0.2) is 65.6 Å². The molecule has 140 valence electrons. The van der Waals surface area contributed by atoms with Gasteiger partial charge in [-0.1, -0.05) is 18.2 Å². The first kappa shape index (κ1) is 17.9. The SMILES string of the molecule is COc1cc(C(=O)Nc2cnc3ccccc3c2)ccc1OCc1cscn1. The summed E-state index contributed by atoms with van der Waals surface area (Å²) in [4.78, 5) is 21.2. The highest BCUT2D eigenvalue weighted by atomic mass is 32.1. The molecule has 28 heavy (non-hydrogen) atoms. The van der Waals surface area contributed by atoms with Gasteiger partial charge in [-0.15, -0.1) is 11.3 Å². The van der Waals surface area contributed by atoms with E-state index in [2.05, 4.69) is 15.3 Å². The van der Waals surface area contributed by atoms with Crippen LogP contribution in [0.4, 0.5) is 5.69 Å². The molecule has 2 heterocycles. The number of ether oxygens (including phenoxy) is 2. The molecule has 0 bridgehead atoms. The molecule has 4 aromatic rings. The first-order chi connectivity index (χ1) is 13.7. The third kappa shape index (κ3) is 3.94. The van der Waals surface area contributed by atoms with Crippen LogP contribution < -0.4 is 14.8 Å². The summed E-state index contributed by atoms with van der Waals surface area (Å²) in [6, 6.07) is 14.7. The molecule has 2 aromatic heterocycles. The van der Waals surface area contributed by atoms with Crippen molar-refractivity contribution in [2.75, 3.05) is 12.4 Å². The Balaban J connectivity index is 1.50. The fourth-order valence-electron chi connectivity index (χ4n) is 2.73. The Hall–Kier alpha value is -3.45. The standard InChI is InChI=1S/C21H17N3O3S/c1-26-20-9-15(6-7-19(20)27-11-17-12-28-13-23-17)21(25)24-16-8-14-4-2-3-5-18(14)22-10-16/h2-10,12-13H,11H2,1H3,(H,24,25). The van der Waals surface area contributed by atoms with Crippen LogP contribution in [0.25, 0.3) is 10.9 Å².